The molecule has 0 radical (unpaired) electrons. The predicted octanol–water partition coefficient (Wildman–Crippen LogP) is 3.84. The van der Waals surface area contributed by atoms with Crippen molar-refractivity contribution >= 4 is 0 Å². The summed E-state index contributed by atoms with van der Waals surface area (Å²) in [6.07, 6.45) is 5.56. The summed E-state index contributed by atoms with van der Waals surface area (Å²) in [7, 11) is 0. The lowest BCUT2D eigenvalue weighted by Gasteiger charge is -2.12. The molecule has 1 aromatic rings. The van der Waals surface area contributed by atoms with Crippen LogP contribution in [0.1, 0.15) is 50.7 Å². The maximum atomic E-state index is 13.6. The first-order valence-corrected chi connectivity index (χ1v) is 6.77. The van der Waals surface area contributed by atoms with E-state index >= 15 is 0 Å². The van der Waals surface area contributed by atoms with Gasteiger partial charge in [0.2, 0.25) is 0 Å². The van der Waals surface area contributed by atoms with Gasteiger partial charge < -0.3 is 9.84 Å². The molecule has 2 nitrogen and oxygen atoms in total. The SMILES string of the molecule is CC(O)c1ccc(OCCC2CCCC2)cc1F. The summed E-state index contributed by atoms with van der Waals surface area (Å²) in [6.45, 7) is 2.21. The van der Waals surface area contributed by atoms with Crippen molar-refractivity contribution in [3.8, 4) is 5.75 Å². The molecule has 0 aromatic heterocycles. The van der Waals surface area contributed by atoms with Crippen LogP contribution in [0.5, 0.6) is 5.75 Å². The van der Waals surface area contributed by atoms with E-state index in [1.165, 1.54) is 31.7 Å². The second-order valence-electron chi connectivity index (χ2n) is 5.15. The van der Waals surface area contributed by atoms with Crippen molar-refractivity contribution in [3.05, 3.63) is 29.6 Å². The van der Waals surface area contributed by atoms with Gasteiger partial charge in [-0.2, -0.15) is 0 Å². The number of halogens is 1. The third-order valence-corrected chi connectivity index (χ3v) is 3.69. The highest BCUT2D eigenvalue weighted by molar-refractivity contribution is 5.29. The third kappa shape index (κ3) is 3.45. The van der Waals surface area contributed by atoms with Crippen LogP contribution in [0.4, 0.5) is 4.39 Å². The van der Waals surface area contributed by atoms with Crippen molar-refractivity contribution in [1.29, 1.82) is 0 Å². The van der Waals surface area contributed by atoms with Crippen LogP contribution in [0.2, 0.25) is 0 Å². The van der Waals surface area contributed by atoms with Gasteiger partial charge in [-0.3, -0.25) is 0 Å². The number of aliphatic hydroxyl groups is 1. The summed E-state index contributed by atoms with van der Waals surface area (Å²) in [6, 6.07) is 4.67. The number of benzene rings is 1. The smallest absolute Gasteiger partial charge is 0.132 e. The Hall–Kier alpha value is -1.09. The molecular weight excluding hydrogens is 231 g/mol. The van der Waals surface area contributed by atoms with Crippen LogP contribution in [-0.2, 0) is 0 Å². The van der Waals surface area contributed by atoms with Gasteiger partial charge in [0.05, 0.1) is 12.7 Å². The minimum absolute atomic E-state index is 0.318. The van der Waals surface area contributed by atoms with Gasteiger partial charge in [0.25, 0.3) is 0 Å². The zero-order valence-corrected chi connectivity index (χ0v) is 10.9. The number of ether oxygens (including phenoxy) is 1. The van der Waals surface area contributed by atoms with Gasteiger partial charge in [-0.25, -0.2) is 4.39 Å². The van der Waals surface area contributed by atoms with Crippen LogP contribution < -0.4 is 4.74 Å². The van der Waals surface area contributed by atoms with Gasteiger partial charge in [0, 0.05) is 11.6 Å². The summed E-state index contributed by atoms with van der Waals surface area (Å²) >= 11 is 0. The Labute approximate surface area is 108 Å². The normalized spacial score (nSPS) is 17.9. The van der Waals surface area contributed by atoms with E-state index in [2.05, 4.69) is 0 Å². The first-order chi connectivity index (χ1) is 8.66. The molecule has 1 aliphatic rings. The van der Waals surface area contributed by atoms with Crippen LogP contribution >= 0.6 is 0 Å². The van der Waals surface area contributed by atoms with Crippen LogP contribution in [0.3, 0.4) is 0 Å². The van der Waals surface area contributed by atoms with E-state index in [9.17, 15) is 9.50 Å². The summed E-state index contributed by atoms with van der Waals surface area (Å²) in [5, 5.41) is 9.33. The molecule has 0 saturated heterocycles. The van der Waals surface area contributed by atoms with Crippen molar-refractivity contribution in [1.82, 2.24) is 0 Å². The minimum Gasteiger partial charge on any atom is -0.493 e. The summed E-state index contributed by atoms with van der Waals surface area (Å²) < 4.78 is 19.2. The number of rotatable bonds is 5. The third-order valence-electron chi connectivity index (χ3n) is 3.69. The molecule has 0 spiro atoms. The fraction of sp³-hybridized carbons (Fsp3) is 0.600. The van der Waals surface area contributed by atoms with E-state index in [0.717, 1.165) is 12.3 Å². The summed E-state index contributed by atoms with van der Waals surface area (Å²) in [5.41, 5.74) is 0.318. The van der Waals surface area contributed by atoms with Gasteiger partial charge in [-0.05, 0) is 31.4 Å². The molecular formula is C15H21FO2. The van der Waals surface area contributed by atoms with Gasteiger partial charge in [-0.15, -0.1) is 0 Å². The Morgan fingerprint density at radius 2 is 2.11 bits per heavy atom. The van der Waals surface area contributed by atoms with E-state index in [-0.39, 0.29) is 0 Å². The molecule has 2 rings (SSSR count). The van der Waals surface area contributed by atoms with Crippen molar-refractivity contribution in [2.45, 2.75) is 45.1 Å². The average Bonchev–Trinajstić information content (AvgIpc) is 2.81. The molecule has 1 aromatic carbocycles. The van der Waals surface area contributed by atoms with Crippen molar-refractivity contribution < 1.29 is 14.2 Å². The summed E-state index contributed by atoms with van der Waals surface area (Å²) in [4.78, 5) is 0. The minimum atomic E-state index is -0.780. The zero-order valence-electron chi connectivity index (χ0n) is 10.9. The van der Waals surface area contributed by atoms with E-state index < -0.39 is 11.9 Å². The van der Waals surface area contributed by atoms with Crippen molar-refractivity contribution in [3.63, 3.8) is 0 Å². The highest BCUT2D eigenvalue weighted by atomic mass is 19.1. The van der Waals surface area contributed by atoms with Crippen LogP contribution in [0, 0.1) is 11.7 Å². The fourth-order valence-electron chi connectivity index (χ4n) is 2.58. The first-order valence-electron chi connectivity index (χ1n) is 6.77. The first kappa shape index (κ1) is 13.3. The lowest BCUT2D eigenvalue weighted by atomic mass is 10.1. The molecule has 100 valence electrons. The van der Waals surface area contributed by atoms with Crippen LogP contribution in [0.15, 0.2) is 18.2 Å². The zero-order chi connectivity index (χ0) is 13.0. The molecule has 0 heterocycles. The predicted molar refractivity (Wildman–Crippen MR) is 69.1 cm³/mol. The molecule has 1 N–H and O–H groups in total. The topological polar surface area (TPSA) is 29.5 Å². The van der Waals surface area contributed by atoms with E-state index in [1.807, 2.05) is 0 Å². The van der Waals surface area contributed by atoms with Gasteiger partial charge in [-0.1, -0.05) is 25.7 Å². The monoisotopic (exact) mass is 252 g/mol. The molecule has 1 aliphatic carbocycles. The average molecular weight is 252 g/mol. The Bertz CT molecular complexity index is 384. The number of aliphatic hydroxyl groups excluding tert-OH is 1. The lowest BCUT2D eigenvalue weighted by Crippen LogP contribution is -2.04. The van der Waals surface area contributed by atoms with Gasteiger partial charge >= 0.3 is 0 Å². The van der Waals surface area contributed by atoms with Crippen LogP contribution in [-0.4, -0.2) is 11.7 Å². The Kier molecular flexibility index (Phi) is 4.59. The Balaban J connectivity index is 1.84. The second-order valence-corrected chi connectivity index (χ2v) is 5.15. The van der Waals surface area contributed by atoms with Crippen molar-refractivity contribution in [2.75, 3.05) is 6.61 Å². The number of hydrogen-bond donors (Lipinski definition) is 1. The molecule has 1 atom stereocenters. The standard InChI is InChI=1S/C15H21FO2/c1-11(17)14-7-6-13(10-15(14)16)18-9-8-12-4-2-3-5-12/h6-7,10-12,17H,2-5,8-9H2,1H3. The highest BCUT2D eigenvalue weighted by Gasteiger charge is 2.15. The molecule has 3 heteroatoms. The highest BCUT2D eigenvalue weighted by Crippen LogP contribution is 2.28. The Morgan fingerprint density at radius 3 is 2.72 bits per heavy atom. The maximum Gasteiger partial charge on any atom is 0.132 e. The molecule has 0 aliphatic heterocycles. The number of hydrogen-bond acceptors (Lipinski definition) is 2. The van der Waals surface area contributed by atoms with Crippen LogP contribution in [0.25, 0.3) is 0 Å². The van der Waals surface area contributed by atoms with E-state index in [0.29, 0.717) is 17.9 Å². The van der Waals surface area contributed by atoms with Gasteiger partial charge in [0.15, 0.2) is 0 Å². The molecule has 0 bridgehead atoms. The Morgan fingerprint density at radius 1 is 1.39 bits per heavy atom. The molecule has 1 saturated carbocycles. The van der Waals surface area contributed by atoms with E-state index in [4.69, 9.17) is 4.74 Å². The fourth-order valence-corrected chi connectivity index (χ4v) is 2.58. The molecule has 1 unspecified atom stereocenters. The van der Waals surface area contributed by atoms with Crippen molar-refractivity contribution in [2.24, 2.45) is 5.92 Å². The largest absolute Gasteiger partial charge is 0.493 e. The lowest BCUT2D eigenvalue weighted by molar-refractivity contribution is 0.193. The molecule has 0 amide bonds. The molecule has 18 heavy (non-hydrogen) atoms. The second kappa shape index (κ2) is 6.19. The van der Waals surface area contributed by atoms with Gasteiger partial charge in [0.1, 0.15) is 11.6 Å². The molecule has 1 fully saturated rings. The maximum absolute atomic E-state index is 13.6. The summed E-state index contributed by atoms with van der Waals surface area (Å²) in [5.74, 6) is 0.935. The quantitative estimate of drug-likeness (QED) is 0.862. The van der Waals surface area contributed by atoms with E-state index in [1.54, 1.807) is 19.1 Å².